The molecule has 0 aliphatic carbocycles. The maximum absolute atomic E-state index is 16.6. The lowest BCUT2D eigenvalue weighted by Crippen LogP contribution is -2.61. The zero-order chi connectivity index (χ0) is 40.1. The van der Waals surface area contributed by atoms with E-state index in [9.17, 15) is 29.4 Å². The van der Waals surface area contributed by atoms with E-state index in [0.29, 0.717) is 29.7 Å². The van der Waals surface area contributed by atoms with Crippen molar-refractivity contribution in [1.82, 2.24) is 10.2 Å². The van der Waals surface area contributed by atoms with Crippen LogP contribution >= 0.6 is 0 Å². The number of ketones is 1. The van der Waals surface area contributed by atoms with Gasteiger partial charge in [-0.25, -0.2) is 9.18 Å². The number of halogens is 1. The molecule has 0 bridgehead atoms. The molecule has 14 heteroatoms. The zero-order valence-corrected chi connectivity index (χ0v) is 33.3. The molecule has 13 nitrogen and oxygen atoms in total. The number of aliphatic hydroxyl groups is 2. The van der Waals surface area contributed by atoms with Crippen LogP contribution in [0.4, 0.5) is 4.39 Å². The molecule has 3 N–H and O–H groups in total. The maximum atomic E-state index is 16.6. The Balaban J connectivity index is 2.91. The van der Waals surface area contributed by atoms with Crippen LogP contribution in [0.5, 0.6) is 0 Å². The number of hydrogen-bond donors (Lipinski definition) is 3. The first-order valence-electron chi connectivity index (χ1n) is 18.1. The summed E-state index contributed by atoms with van der Waals surface area (Å²) in [7, 11) is 3.60. The Morgan fingerprint density at radius 1 is 1.06 bits per heavy atom. The van der Waals surface area contributed by atoms with Crippen molar-refractivity contribution in [2.24, 2.45) is 11.8 Å². The van der Waals surface area contributed by atoms with Gasteiger partial charge in [0.05, 0.1) is 36.6 Å². The number of amides is 1. The van der Waals surface area contributed by atoms with Crippen LogP contribution in [-0.2, 0) is 42.9 Å². The first-order chi connectivity index (χ1) is 23.8. The van der Waals surface area contributed by atoms with Crippen molar-refractivity contribution in [3.05, 3.63) is 23.4 Å². The van der Waals surface area contributed by atoms with E-state index in [0.717, 1.165) is 6.92 Å². The standard InChI is InChI=1S/C38H63FN2O11/c1-15-20(3)19-48-33-23(6)29(40-25(8)42)21(4)18-36(10,46)32(52-34-30(50-26(9)43)27(41(13)14)17-22(5)49-34)24(7)31(44)37(11,39)35(45)51-28(16-2)38(33,12)47/h22-24,27-28,30,32-34,46-47H,3,15-19H2,1-2,4-14H3,(H,40,42)/t22-,23+,24+,27+,28-,30-,32?,33-,34+,36-,37+,38-/m1/s1. The second-order valence-corrected chi connectivity index (χ2v) is 15.4. The van der Waals surface area contributed by atoms with E-state index in [2.05, 4.69) is 11.9 Å². The Labute approximate surface area is 308 Å². The number of likely N-dealkylation sites (N-methyl/N-ethyl adjacent to an activating group) is 1. The largest absolute Gasteiger partial charge is 0.457 e. The second-order valence-electron chi connectivity index (χ2n) is 15.4. The number of nitrogens with one attached hydrogen (secondary N) is 1. The minimum atomic E-state index is -3.25. The predicted octanol–water partition coefficient (Wildman–Crippen LogP) is 3.93. The van der Waals surface area contributed by atoms with Crippen molar-refractivity contribution in [3.8, 4) is 0 Å². The first kappa shape index (κ1) is 45.4. The molecule has 2 aliphatic rings. The Hall–Kier alpha value is -2.75. The number of Topliss-reactive ketones (excluding diaryl/α,β-unsaturated/α-hetero) is 1. The van der Waals surface area contributed by atoms with Crippen LogP contribution in [0.25, 0.3) is 0 Å². The summed E-state index contributed by atoms with van der Waals surface area (Å²) < 4.78 is 46.8. The molecule has 2 heterocycles. The van der Waals surface area contributed by atoms with Crippen LogP contribution in [0.1, 0.15) is 102 Å². The fourth-order valence-corrected chi connectivity index (χ4v) is 7.42. The maximum Gasteiger partial charge on any atom is 0.351 e. The van der Waals surface area contributed by atoms with Gasteiger partial charge in [-0.2, -0.15) is 0 Å². The molecule has 0 aromatic carbocycles. The molecule has 0 spiro atoms. The molecule has 0 aromatic heterocycles. The highest BCUT2D eigenvalue weighted by molar-refractivity contribution is 6.07. The fourth-order valence-electron chi connectivity index (χ4n) is 7.42. The molecular weight excluding hydrogens is 679 g/mol. The van der Waals surface area contributed by atoms with Crippen molar-refractivity contribution in [2.45, 2.75) is 162 Å². The van der Waals surface area contributed by atoms with Gasteiger partial charge in [-0.3, -0.25) is 14.4 Å². The molecule has 0 saturated carbocycles. The third kappa shape index (κ3) is 10.7. The number of rotatable bonds is 10. The Bertz CT molecular complexity index is 1340. The van der Waals surface area contributed by atoms with E-state index in [1.807, 2.05) is 11.8 Å². The van der Waals surface area contributed by atoms with Gasteiger partial charge in [0.15, 0.2) is 18.2 Å². The average molecular weight is 743 g/mol. The summed E-state index contributed by atoms with van der Waals surface area (Å²) in [5.74, 6) is -6.17. The number of carbonyl (C=O) groups excluding carboxylic acids is 4. The number of ether oxygens (including phenoxy) is 5. The van der Waals surface area contributed by atoms with Gasteiger partial charge in [0.2, 0.25) is 5.91 Å². The van der Waals surface area contributed by atoms with E-state index in [1.165, 1.54) is 34.6 Å². The molecule has 12 atom stereocenters. The summed E-state index contributed by atoms with van der Waals surface area (Å²) in [5.41, 5.74) is -5.79. The van der Waals surface area contributed by atoms with Gasteiger partial charge in [-0.15, -0.1) is 0 Å². The molecule has 1 saturated heterocycles. The lowest BCUT2D eigenvalue weighted by atomic mass is 9.76. The third-order valence-electron chi connectivity index (χ3n) is 10.3. The fraction of sp³-hybridized carbons (Fsp3) is 0.789. The highest BCUT2D eigenvalue weighted by atomic mass is 19.1. The van der Waals surface area contributed by atoms with Crippen LogP contribution in [0.2, 0.25) is 0 Å². The van der Waals surface area contributed by atoms with E-state index < -0.39 is 89.1 Å². The highest BCUT2D eigenvalue weighted by Crippen LogP contribution is 2.39. The molecule has 298 valence electrons. The van der Waals surface area contributed by atoms with Crippen LogP contribution in [0, 0.1) is 11.8 Å². The molecule has 1 fully saturated rings. The van der Waals surface area contributed by atoms with Gasteiger partial charge in [-0.1, -0.05) is 45.4 Å². The summed E-state index contributed by atoms with van der Waals surface area (Å²) in [6.45, 7) is 20.1. The van der Waals surface area contributed by atoms with E-state index in [1.54, 1.807) is 41.8 Å². The smallest absolute Gasteiger partial charge is 0.351 e. The molecule has 0 aromatic rings. The van der Waals surface area contributed by atoms with Crippen molar-refractivity contribution in [3.63, 3.8) is 0 Å². The van der Waals surface area contributed by atoms with Crippen molar-refractivity contribution >= 4 is 23.6 Å². The number of alkyl halides is 1. The second kappa shape index (κ2) is 18.1. The van der Waals surface area contributed by atoms with E-state index in [4.69, 9.17) is 23.7 Å². The van der Waals surface area contributed by atoms with Crippen LogP contribution in [0.3, 0.4) is 0 Å². The summed E-state index contributed by atoms with van der Waals surface area (Å²) in [5, 5.41) is 27.3. The topological polar surface area (TPSA) is 170 Å². The third-order valence-corrected chi connectivity index (χ3v) is 10.3. The van der Waals surface area contributed by atoms with Crippen LogP contribution in [-0.4, -0.2) is 119 Å². The summed E-state index contributed by atoms with van der Waals surface area (Å²) in [4.78, 5) is 54.5. The number of cyclic esters (lactones) is 1. The molecule has 2 aliphatic heterocycles. The molecule has 0 radical (unpaired) electrons. The lowest BCUT2D eigenvalue weighted by Gasteiger charge is -2.47. The number of esters is 2. The number of hydrogen-bond acceptors (Lipinski definition) is 12. The van der Waals surface area contributed by atoms with Crippen molar-refractivity contribution in [1.29, 1.82) is 0 Å². The predicted molar refractivity (Wildman–Crippen MR) is 191 cm³/mol. The van der Waals surface area contributed by atoms with Gasteiger partial charge in [0.1, 0.15) is 11.7 Å². The monoisotopic (exact) mass is 742 g/mol. The van der Waals surface area contributed by atoms with Crippen LogP contribution in [0.15, 0.2) is 23.4 Å². The Kier molecular flexibility index (Phi) is 15.8. The van der Waals surface area contributed by atoms with Gasteiger partial charge in [0.25, 0.3) is 5.67 Å². The first-order valence-corrected chi connectivity index (χ1v) is 18.1. The number of carbonyl (C=O) groups is 4. The SMILES string of the molecule is C=C(CC)CO[C@@H]1[C@@H](C)C(NC(C)=O)=C(C)C[C@@](C)(O)C(O[C@@H]2O[C@H](C)C[C@H](N(C)C)[C@H]2OC(C)=O)[C@@H](C)C(=O)[C@](C)(F)C(=O)O[C@H](CC)[C@@]1(C)O. The van der Waals surface area contributed by atoms with Gasteiger partial charge < -0.3 is 44.1 Å². The number of nitrogens with zero attached hydrogens (tertiary/aromatic N) is 1. The minimum Gasteiger partial charge on any atom is -0.457 e. The summed E-state index contributed by atoms with van der Waals surface area (Å²) in [6.07, 6.45) is -6.01. The zero-order valence-electron chi connectivity index (χ0n) is 33.3. The molecular formula is C38H63FN2O11. The summed E-state index contributed by atoms with van der Waals surface area (Å²) in [6, 6.07) is -0.387. The Morgan fingerprint density at radius 2 is 1.65 bits per heavy atom. The van der Waals surface area contributed by atoms with Crippen LogP contribution < -0.4 is 5.32 Å². The van der Waals surface area contributed by atoms with E-state index in [-0.39, 0.29) is 25.5 Å². The minimum absolute atomic E-state index is 0.0140. The van der Waals surface area contributed by atoms with Crippen molar-refractivity contribution in [2.75, 3.05) is 20.7 Å². The summed E-state index contributed by atoms with van der Waals surface area (Å²) >= 11 is 0. The highest BCUT2D eigenvalue weighted by Gasteiger charge is 2.55. The lowest BCUT2D eigenvalue weighted by molar-refractivity contribution is -0.295. The molecule has 2 rings (SSSR count). The quantitative estimate of drug-likeness (QED) is 0.168. The van der Waals surface area contributed by atoms with Gasteiger partial charge in [0, 0.05) is 37.8 Å². The molecule has 52 heavy (non-hydrogen) atoms. The normalized spacial score (nSPS) is 38.4. The Morgan fingerprint density at radius 3 is 2.15 bits per heavy atom. The van der Waals surface area contributed by atoms with Gasteiger partial charge in [-0.05, 0) is 68.0 Å². The van der Waals surface area contributed by atoms with E-state index >= 15 is 4.39 Å². The molecule has 1 amide bonds. The van der Waals surface area contributed by atoms with Crippen molar-refractivity contribution < 1.29 is 57.5 Å². The molecule has 1 unspecified atom stereocenters. The van der Waals surface area contributed by atoms with Gasteiger partial charge >= 0.3 is 11.9 Å². The average Bonchev–Trinajstić information content (AvgIpc) is 3.03.